The van der Waals surface area contributed by atoms with Crippen LogP contribution in [0.3, 0.4) is 0 Å². The van der Waals surface area contributed by atoms with E-state index >= 15 is 0 Å². The van der Waals surface area contributed by atoms with Crippen molar-refractivity contribution in [1.82, 2.24) is 9.78 Å². The number of nitrogens with zero attached hydrogens (tertiary/aromatic N) is 2. The zero-order valence-electron chi connectivity index (χ0n) is 9.32. The quantitative estimate of drug-likeness (QED) is 0.749. The van der Waals surface area contributed by atoms with Crippen LogP contribution >= 0.6 is 0 Å². The molecule has 1 aliphatic rings. The molecule has 0 saturated heterocycles. The number of benzene rings is 1. The van der Waals surface area contributed by atoms with Gasteiger partial charge in [-0.25, -0.2) is 4.68 Å². The van der Waals surface area contributed by atoms with Gasteiger partial charge in [0.2, 0.25) is 0 Å². The summed E-state index contributed by atoms with van der Waals surface area (Å²) in [5, 5.41) is 22.9. The minimum atomic E-state index is -1.47. The van der Waals surface area contributed by atoms with Crippen LogP contribution in [0.4, 0.5) is 0 Å². The third kappa shape index (κ3) is 1.99. The van der Waals surface area contributed by atoms with Gasteiger partial charge >= 0.3 is 7.12 Å². The van der Waals surface area contributed by atoms with Crippen molar-refractivity contribution >= 4 is 12.6 Å². The van der Waals surface area contributed by atoms with E-state index in [0.29, 0.717) is 11.4 Å². The minimum absolute atomic E-state index is 0.484. The number of rotatable bonds is 3. The number of hydrogen-bond acceptors (Lipinski definition) is 3. The SMILES string of the molecule is OB(O)c1ccc(C2CC2)cc1-n1cccn1. The molecule has 0 aliphatic heterocycles. The fraction of sp³-hybridized carbons (Fsp3) is 0.250. The minimum Gasteiger partial charge on any atom is -0.423 e. The van der Waals surface area contributed by atoms with Crippen LogP contribution in [-0.2, 0) is 0 Å². The highest BCUT2D eigenvalue weighted by Gasteiger charge is 2.26. The molecule has 86 valence electrons. The first-order valence-corrected chi connectivity index (χ1v) is 5.75. The molecule has 4 nitrogen and oxygen atoms in total. The fourth-order valence-corrected chi connectivity index (χ4v) is 2.06. The molecule has 1 saturated carbocycles. The molecular weight excluding hydrogens is 215 g/mol. The van der Waals surface area contributed by atoms with E-state index in [1.54, 1.807) is 23.1 Å². The summed E-state index contributed by atoms with van der Waals surface area (Å²) in [6.45, 7) is 0. The number of aromatic nitrogens is 2. The van der Waals surface area contributed by atoms with Crippen LogP contribution in [0.15, 0.2) is 36.7 Å². The first kappa shape index (κ1) is 10.6. The van der Waals surface area contributed by atoms with Crippen LogP contribution in [0, 0.1) is 0 Å². The molecule has 1 heterocycles. The predicted octanol–water partition coefficient (Wildman–Crippen LogP) is 0.429. The van der Waals surface area contributed by atoms with E-state index < -0.39 is 7.12 Å². The number of hydrogen-bond donors (Lipinski definition) is 2. The normalized spacial score (nSPS) is 14.9. The summed E-state index contributed by atoms with van der Waals surface area (Å²) in [6.07, 6.45) is 5.92. The molecule has 2 aromatic rings. The van der Waals surface area contributed by atoms with Gasteiger partial charge in [-0.1, -0.05) is 12.1 Å². The van der Waals surface area contributed by atoms with E-state index in [1.165, 1.54) is 18.4 Å². The monoisotopic (exact) mass is 228 g/mol. The van der Waals surface area contributed by atoms with Gasteiger partial charge in [-0.2, -0.15) is 5.10 Å². The van der Waals surface area contributed by atoms with Gasteiger partial charge in [-0.05, 0) is 36.5 Å². The van der Waals surface area contributed by atoms with E-state index in [-0.39, 0.29) is 0 Å². The van der Waals surface area contributed by atoms with E-state index in [9.17, 15) is 10.0 Å². The third-order valence-electron chi connectivity index (χ3n) is 3.13. The second-order valence-electron chi connectivity index (χ2n) is 4.42. The maximum absolute atomic E-state index is 9.36. The van der Waals surface area contributed by atoms with Crippen molar-refractivity contribution in [3.8, 4) is 5.69 Å². The van der Waals surface area contributed by atoms with E-state index in [2.05, 4.69) is 5.10 Å². The smallest absolute Gasteiger partial charge is 0.423 e. The lowest BCUT2D eigenvalue weighted by atomic mass is 9.78. The molecule has 2 N–H and O–H groups in total. The second-order valence-corrected chi connectivity index (χ2v) is 4.42. The van der Waals surface area contributed by atoms with Crippen molar-refractivity contribution in [2.24, 2.45) is 0 Å². The lowest BCUT2D eigenvalue weighted by molar-refractivity contribution is 0.425. The Morgan fingerprint density at radius 3 is 2.71 bits per heavy atom. The maximum atomic E-state index is 9.36. The molecule has 3 rings (SSSR count). The summed E-state index contributed by atoms with van der Waals surface area (Å²) in [5.41, 5.74) is 2.48. The Balaban J connectivity index is 2.10. The highest BCUT2D eigenvalue weighted by atomic mass is 16.4. The zero-order chi connectivity index (χ0) is 11.8. The first-order valence-electron chi connectivity index (χ1n) is 5.75. The van der Waals surface area contributed by atoms with E-state index in [0.717, 1.165) is 5.69 Å². The molecule has 1 aromatic carbocycles. The van der Waals surface area contributed by atoms with Crippen LogP contribution in [0.1, 0.15) is 24.3 Å². The molecule has 0 radical (unpaired) electrons. The van der Waals surface area contributed by atoms with Crippen LogP contribution in [0.25, 0.3) is 5.69 Å². The molecule has 0 bridgehead atoms. The Morgan fingerprint density at radius 1 is 1.29 bits per heavy atom. The molecule has 5 heteroatoms. The third-order valence-corrected chi connectivity index (χ3v) is 3.13. The Kier molecular flexibility index (Phi) is 2.50. The lowest BCUT2D eigenvalue weighted by Crippen LogP contribution is -2.33. The summed E-state index contributed by atoms with van der Waals surface area (Å²) in [6, 6.07) is 7.56. The van der Waals surface area contributed by atoms with E-state index in [4.69, 9.17) is 0 Å². The average Bonchev–Trinajstić information content (AvgIpc) is 3.04. The van der Waals surface area contributed by atoms with E-state index in [1.807, 2.05) is 18.2 Å². The molecule has 1 aliphatic carbocycles. The molecule has 0 spiro atoms. The van der Waals surface area contributed by atoms with Gasteiger partial charge < -0.3 is 10.0 Å². The van der Waals surface area contributed by atoms with Crippen molar-refractivity contribution in [1.29, 1.82) is 0 Å². The van der Waals surface area contributed by atoms with Crippen LogP contribution in [-0.4, -0.2) is 26.9 Å². The summed E-state index contributed by atoms with van der Waals surface area (Å²) < 4.78 is 1.67. The van der Waals surface area contributed by atoms with Gasteiger partial charge in [-0.15, -0.1) is 0 Å². The van der Waals surface area contributed by atoms with Crippen molar-refractivity contribution < 1.29 is 10.0 Å². The van der Waals surface area contributed by atoms with Crippen molar-refractivity contribution in [3.05, 3.63) is 42.2 Å². The van der Waals surface area contributed by atoms with Crippen LogP contribution < -0.4 is 5.46 Å². The van der Waals surface area contributed by atoms with Crippen molar-refractivity contribution in [3.63, 3.8) is 0 Å². The molecular formula is C12H13BN2O2. The van der Waals surface area contributed by atoms with Crippen molar-refractivity contribution in [2.75, 3.05) is 0 Å². The molecule has 1 fully saturated rings. The maximum Gasteiger partial charge on any atom is 0.490 e. The topological polar surface area (TPSA) is 58.3 Å². The molecule has 0 amide bonds. The van der Waals surface area contributed by atoms with Crippen molar-refractivity contribution in [2.45, 2.75) is 18.8 Å². The highest BCUT2D eigenvalue weighted by Crippen LogP contribution is 2.40. The summed E-state index contributed by atoms with van der Waals surface area (Å²) in [4.78, 5) is 0. The summed E-state index contributed by atoms with van der Waals surface area (Å²) in [5.74, 6) is 0.634. The zero-order valence-corrected chi connectivity index (χ0v) is 9.32. The average molecular weight is 228 g/mol. The Morgan fingerprint density at radius 2 is 2.12 bits per heavy atom. The van der Waals surface area contributed by atoms with Gasteiger partial charge in [0.1, 0.15) is 0 Å². The van der Waals surface area contributed by atoms with Gasteiger partial charge in [0.05, 0.1) is 5.69 Å². The first-order chi connectivity index (χ1) is 8.25. The van der Waals surface area contributed by atoms with Crippen LogP contribution in [0.2, 0.25) is 0 Å². The summed E-state index contributed by atoms with van der Waals surface area (Å²) in [7, 11) is -1.47. The molecule has 1 aromatic heterocycles. The van der Waals surface area contributed by atoms with Gasteiger partial charge in [-0.3, -0.25) is 0 Å². The highest BCUT2D eigenvalue weighted by molar-refractivity contribution is 6.60. The second kappa shape index (κ2) is 4.02. The Labute approximate surface area is 99.7 Å². The fourth-order valence-electron chi connectivity index (χ4n) is 2.06. The van der Waals surface area contributed by atoms with Gasteiger partial charge in [0.15, 0.2) is 0 Å². The largest absolute Gasteiger partial charge is 0.490 e. The molecule has 0 atom stereocenters. The Bertz CT molecular complexity index is 521. The van der Waals surface area contributed by atoms with Gasteiger partial charge in [0, 0.05) is 17.9 Å². The molecule has 0 unspecified atom stereocenters. The molecule has 17 heavy (non-hydrogen) atoms. The standard InChI is InChI=1S/C12H13BN2O2/c16-13(17)11-5-4-10(9-2-3-9)8-12(11)15-7-1-6-14-15/h1,4-9,16-17H,2-3H2. The lowest BCUT2D eigenvalue weighted by Gasteiger charge is -2.11. The van der Waals surface area contributed by atoms with Gasteiger partial charge in [0.25, 0.3) is 0 Å². The predicted molar refractivity (Wildman–Crippen MR) is 65.4 cm³/mol. The van der Waals surface area contributed by atoms with Crippen LogP contribution in [0.5, 0.6) is 0 Å². The Hall–Kier alpha value is -1.59. The summed E-state index contributed by atoms with van der Waals surface area (Å²) >= 11 is 0.